The fraction of sp³-hybridized carbons (Fsp3) is 0.400. The maximum atomic E-state index is 11.0. The van der Waals surface area contributed by atoms with E-state index in [-0.39, 0.29) is 0 Å². The van der Waals surface area contributed by atoms with Crippen molar-refractivity contribution in [1.82, 2.24) is 20.3 Å². The smallest absolute Gasteiger partial charge is 0.162 e. The highest BCUT2D eigenvalue weighted by atomic mass is 16.3. The van der Waals surface area contributed by atoms with E-state index in [1.54, 1.807) is 7.05 Å². The molecule has 4 heterocycles. The molecule has 0 amide bonds. The number of benzene rings is 1. The van der Waals surface area contributed by atoms with Crippen LogP contribution in [0.25, 0.3) is 22.0 Å². The summed E-state index contributed by atoms with van der Waals surface area (Å²) in [6, 6.07) is 8.15. The summed E-state index contributed by atoms with van der Waals surface area (Å²) in [5.74, 6) is 2.62. The number of pyridine rings is 1. The second-order valence-electron chi connectivity index (χ2n) is 10.6. The number of β-amino-alcohol motifs (C(OH)–C–C–N with tert-alkyl or cyclic N) is 1. The van der Waals surface area contributed by atoms with Crippen LogP contribution in [0.2, 0.25) is 0 Å². The van der Waals surface area contributed by atoms with Crippen molar-refractivity contribution in [3.05, 3.63) is 66.3 Å². The molecule has 2 aliphatic heterocycles. The molecule has 2 aromatic heterocycles. The molecule has 0 radical (unpaired) electrons. The topological polar surface area (TPSA) is 107 Å². The number of nitrogens with one attached hydrogen (secondary N) is 3. The molecule has 1 atom stereocenters. The molecular formula is C30H35N7O. The molecule has 4 N–H and O–H groups in total. The third-order valence-corrected chi connectivity index (χ3v) is 8.14. The molecule has 1 aliphatic carbocycles. The summed E-state index contributed by atoms with van der Waals surface area (Å²) < 4.78 is 0. The summed E-state index contributed by atoms with van der Waals surface area (Å²) in [7, 11) is 1.78. The van der Waals surface area contributed by atoms with Crippen molar-refractivity contribution in [2.75, 3.05) is 37.3 Å². The van der Waals surface area contributed by atoms with E-state index in [4.69, 9.17) is 9.97 Å². The van der Waals surface area contributed by atoms with Crippen LogP contribution in [0.1, 0.15) is 61.4 Å². The Bertz CT molecular complexity index is 1430. The Kier molecular flexibility index (Phi) is 6.68. The number of rotatable bonds is 7. The molecule has 196 valence electrons. The lowest BCUT2D eigenvalue weighted by Crippen LogP contribution is -2.46. The van der Waals surface area contributed by atoms with Gasteiger partial charge in [0.2, 0.25) is 0 Å². The largest absolute Gasteiger partial charge is 0.388 e. The number of allylic oxidation sites excluding steroid dienone is 2. The number of aromatic nitrogens is 3. The van der Waals surface area contributed by atoms with Crippen LogP contribution >= 0.6 is 0 Å². The summed E-state index contributed by atoms with van der Waals surface area (Å²) in [5.41, 5.74) is 5.13. The first-order valence-corrected chi connectivity index (χ1v) is 13.6. The summed E-state index contributed by atoms with van der Waals surface area (Å²) in [5, 5.41) is 22.4. The molecule has 38 heavy (non-hydrogen) atoms. The highest BCUT2D eigenvalue weighted by Gasteiger charge is 2.30. The van der Waals surface area contributed by atoms with E-state index >= 15 is 0 Å². The van der Waals surface area contributed by atoms with E-state index in [0.717, 1.165) is 77.2 Å². The molecule has 0 spiro atoms. The molecule has 1 aromatic carbocycles. The number of nitrogens with zero attached hydrogens (tertiary/aromatic N) is 4. The molecule has 3 aliphatic rings. The Morgan fingerprint density at radius 1 is 1.24 bits per heavy atom. The minimum atomic E-state index is -0.699. The number of piperidine rings is 1. The number of aliphatic imine (C=N–C) groups is 1. The van der Waals surface area contributed by atoms with Gasteiger partial charge < -0.3 is 21.1 Å². The normalized spacial score (nSPS) is 23.6. The van der Waals surface area contributed by atoms with Gasteiger partial charge in [0.1, 0.15) is 11.7 Å². The lowest BCUT2D eigenvalue weighted by Gasteiger charge is -2.33. The standard InChI is InChI=1S/C30H35N7O/c1-3-20(25-21-10-4-5-11-23(21)35-28(25)31-2)27-36-24-17-33-16-22(19-8-6-9-19)26(24)29(37-27)34-15-13-30(38)12-7-14-32-18-30/h3-5,10-11,16-17,19,32,38H,1,6-9,12-15,18H2,2H3,(H,31,35)(H,34,36,37)/b25-20+/t30-/m0/s1. The number of para-hydroxylation sites is 1. The predicted molar refractivity (Wildman–Crippen MR) is 155 cm³/mol. The molecule has 8 nitrogen and oxygen atoms in total. The lowest BCUT2D eigenvalue weighted by molar-refractivity contribution is 0.0118. The molecule has 3 aromatic rings. The van der Waals surface area contributed by atoms with Crippen molar-refractivity contribution in [2.24, 2.45) is 4.99 Å². The van der Waals surface area contributed by atoms with Crippen LogP contribution in [0.5, 0.6) is 0 Å². The van der Waals surface area contributed by atoms with Crippen LogP contribution in [0, 0.1) is 0 Å². The van der Waals surface area contributed by atoms with Crippen molar-refractivity contribution >= 4 is 39.4 Å². The van der Waals surface area contributed by atoms with Gasteiger partial charge in [0, 0.05) is 54.1 Å². The second-order valence-corrected chi connectivity index (χ2v) is 10.6. The van der Waals surface area contributed by atoms with E-state index in [9.17, 15) is 5.11 Å². The number of aliphatic hydroxyl groups is 1. The summed E-state index contributed by atoms with van der Waals surface area (Å²) in [4.78, 5) is 19.2. The first kappa shape index (κ1) is 24.7. The quantitative estimate of drug-likeness (QED) is 0.364. The molecular weight excluding hydrogens is 474 g/mol. The average molecular weight is 510 g/mol. The molecule has 0 bridgehead atoms. The van der Waals surface area contributed by atoms with Crippen LogP contribution < -0.4 is 16.0 Å². The monoisotopic (exact) mass is 509 g/mol. The zero-order valence-electron chi connectivity index (χ0n) is 21.9. The first-order chi connectivity index (χ1) is 18.6. The average Bonchev–Trinajstić information content (AvgIpc) is 3.27. The number of anilines is 2. The molecule has 2 fully saturated rings. The van der Waals surface area contributed by atoms with E-state index < -0.39 is 5.60 Å². The number of hydrogen-bond donors (Lipinski definition) is 4. The summed E-state index contributed by atoms with van der Waals surface area (Å²) in [6.45, 7) is 6.34. The van der Waals surface area contributed by atoms with Crippen LogP contribution in [0.15, 0.2) is 54.3 Å². The number of amidine groups is 1. The number of hydrogen-bond acceptors (Lipinski definition) is 7. The van der Waals surface area contributed by atoms with Gasteiger partial charge in [-0.1, -0.05) is 37.3 Å². The first-order valence-electron chi connectivity index (χ1n) is 13.6. The molecule has 1 saturated carbocycles. The van der Waals surface area contributed by atoms with Gasteiger partial charge in [0.05, 0.1) is 17.3 Å². The van der Waals surface area contributed by atoms with Crippen LogP contribution in [-0.4, -0.2) is 58.2 Å². The van der Waals surface area contributed by atoms with Crippen molar-refractivity contribution in [1.29, 1.82) is 0 Å². The maximum Gasteiger partial charge on any atom is 0.162 e. The van der Waals surface area contributed by atoms with Gasteiger partial charge in [-0.25, -0.2) is 9.97 Å². The van der Waals surface area contributed by atoms with Crippen LogP contribution in [0.3, 0.4) is 0 Å². The van der Waals surface area contributed by atoms with E-state index in [0.29, 0.717) is 31.3 Å². The van der Waals surface area contributed by atoms with Gasteiger partial charge in [0.25, 0.3) is 0 Å². The van der Waals surface area contributed by atoms with E-state index in [2.05, 4.69) is 38.6 Å². The third kappa shape index (κ3) is 4.48. The van der Waals surface area contributed by atoms with Crippen LogP contribution in [0.4, 0.5) is 11.5 Å². The molecule has 1 saturated heterocycles. The Hall–Kier alpha value is -3.62. The van der Waals surface area contributed by atoms with Crippen LogP contribution in [-0.2, 0) is 0 Å². The van der Waals surface area contributed by atoms with E-state index in [1.807, 2.05) is 36.7 Å². The molecule has 6 rings (SSSR count). The van der Waals surface area contributed by atoms with Gasteiger partial charge in [-0.05, 0) is 56.2 Å². The Labute approximate surface area is 223 Å². The fourth-order valence-electron chi connectivity index (χ4n) is 5.84. The zero-order chi connectivity index (χ0) is 26.1. The minimum Gasteiger partial charge on any atom is -0.388 e. The molecule has 8 heteroatoms. The maximum absolute atomic E-state index is 11.0. The number of fused-ring (bicyclic) bond motifs is 2. The highest BCUT2D eigenvalue weighted by molar-refractivity contribution is 6.39. The Balaban J connectivity index is 1.46. The van der Waals surface area contributed by atoms with Crippen molar-refractivity contribution in [3.63, 3.8) is 0 Å². The SMILES string of the molecule is C=C/C(=C1\C(=NC)Nc2ccccc21)c1nc(NCC[C@@]2(O)CCCNC2)c2c(C3CCC3)cncc2n1. The second kappa shape index (κ2) is 10.3. The Morgan fingerprint density at radius 3 is 2.84 bits per heavy atom. The van der Waals surface area contributed by atoms with Gasteiger partial charge in [0.15, 0.2) is 5.82 Å². The van der Waals surface area contributed by atoms with Gasteiger partial charge in [-0.3, -0.25) is 9.98 Å². The van der Waals surface area contributed by atoms with Gasteiger partial charge >= 0.3 is 0 Å². The Morgan fingerprint density at radius 2 is 2.11 bits per heavy atom. The predicted octanol–water partition coefficient (Wildman–Crippen LogP) is 4.76. The molecule has 0 unspecified atom stereocenters. The third-order valence-electron chi connectivity index (χ3n) is 8.14. The van der Waals surface area contributed by atoms with Gasteiger partial charge in [-0.2, -0.15) is 0 Å². The summed E-state index contributed by atoms with van der Waals surface area (Å²) >= 11 is 0. The van der Waals surface area contributed by atoms with Gasteiger partial charge in [-0.15, -0.1) is 0 Å². The summed E-state index contributed by atoms with van der Waals surface area (Å²) in [6.07, 6.45) is 11.6. The lowest BCUT2D eigenvalue weighted by atomic mass is 9.79. The highest BCUT2D eigenvalue weighted by Crippen LogP contribution is 2.42. The van der Waals surface area contributed by atoms with Crippen molar-refractivity contribution in [2.45, 2.75) is 50.0 Å². The minimum absolute atomic E-state index is 0.481. The van der Waals surface area contributed by atoms with E-state index in [1.165, 1.54) is 12.0 Å². The zero-order valence-corrected chi connectivity index (χ0v) is 21.9. The fourth-order valence-corrected chi connectivity index (χ4v) is 5.84. The van der Waals surface area contributed by atoms with Crippen molar-refractivity contribution < 1.29 is 5.11 Å². The van der Waals surface area contributed by atoms with Crippen molar-refractivity contribution in [3.8, 4) is 0 Å².